The van der Waals surface area contributed by atoms with Crippen LogP contribution in [0.1, 0.15) is 44.7 Å². The molecule has 0 radical (unpaired) electrons. The van der Waals surface area contributed by atoms with Crippen molar-refractivity contribution in [2.24, 2.45) is 0 Å². The molecule has 0 fully saturated rings. The molecule has 2 aromatic carbocycles. The van der Waals surface area contributed by atoms with E-state index >= 15 is 0 Å². The molecule has 0 atom stereocenters. The SMILES string of the molecule is C#CCOc1ccc(C(C)(C)c2ccc(OCCCC)cc2)cc1. The molecule has 0 saturated heterocycles. The first-order chi connectivity index (χ1) is 11.6. The van der Waals surface area contributed by atoms with Gasteiger partial charge in [-0.1, -0.05) is 57.4 Å². The molecule has 2 nitrogen and oxygen atoms in total. The summed E-state index contributed by atoms with van der Waals surface area (Å²) in [5.41, 5.74) is 2.39. The summed E-state index contributed by atoms with van der Waals surface area (Å²) >= 11 is 0. The molecule has 24 heavy (non-hydrogen) atoms. The Balaban J connectivity index is 2.10. The summed E-state index contributed by atoms with van der Waals surface area (Å²) in [4.78, 5) is 0. The van der Waals surface area contributed by atoms with Crippen molar-refractivity contribution in [3.05, 3.63) is 59.7 Å². The minimum atomic E-state index is -0.0907. The van der Waals surface area contributed by atoms with Gasteiger partial charge >= 0.3 is 0 Å². The van der Waals surface area contributed by atoms with Crippen LogP contribution in [0, 0.1) is 12.3 Å². The van der Waals surface area contributed by atoms with Gasteiger partial charge in [-0.2, -0.15) is 0 Å². The molecular formula is C22H26O2. The van der Waals surface area contributed by atoms with Crippen LogP contribution in [0.15, 0.2) is 48.5 Å². The number of terminal acetylenes is 1. The molecule has 0 unspecified atom stereocenters. The van der Waals surface area contributed by atoms with Crippen LogP contribution in [0.2, 0.25) is 0 Å². The summed E-state index contributed by atoms with van der Waals surface area (Å²) in [5, 5.41) is 0. The number of benzene rings is 2. The Kier molecular flexibility index (Phi) is 6.32. The van der Waals surface area contributed by atoms with Crippen molar-refractivity contribution in [2.45, 2.75) is 39.0 Å². The molecule has 0 aromatic heterocycles. The lowest BCUT2D eigenvalue weighted by Crippen LogP contribution is -2.18. The highest BCUT2D eigenvalue weighted by atomic mass is 16.5. The normalized spacial score (nSPS) is 10.9. The Bertz CT molecular complexity index is 661. The zero-order valence-corrected chi connectivity index (χ0v) is 14.8. The third kappa shape index (κ3) is 4.55. The van der Waals surface area contributed by atoms with E-state index in [-0.39, 0.29) is 5.41 Å². The predicted molar refractivity (Wildman–Crippen MR) is 99.7 cm³/mol. The zero-order valence-electron chi connectivity index (χ0n) is 14.8. The standard InChI is InChI=1S/C22H26O2/c1-5-7-17-24-21-14-10-19(11-15-21)22(3,4)18-8-12-20(13-9-18)23-16-6-2/h2,8-15H,5,7,16-17H2,1,3-4H3. The van der Waals surface area contributed by atoms with Gasteiger partial charge in [-0.05, 0) is 41.8 Å². The molecule has 0 amide bonds. The summed E-state index contributed by atoms with van der Waals surface area (Å²) in [5.74, 6) is 4.21. The summed E-state index contributed by atoms with van der Waals surface area (Å²) in [6, 6.07) is 16.5. The van der Waals surface area contributed by atoms with E-state index < -0.39 is 0 Å². The fourth-order valence-electron chi connectivity index (χ4n) is 2.56. The van der Waals surface area contributed by atoms with Crippen molar-refractivity contribution < 1.29 is 9.47 Å². The second-order valence-corrected chi connectivity index (χ2v) is 6.37. The van der Waals surface area contributed by atoms with Crippen molar-refractivity contribution in [3.8, 4) is 23.8 Å². The van der Waals surface area contributed by atoms with Gasteiger partial charge < -0.3 is 9.47 Å². The largest absolute Gasteiger partial charge is 0.494 e. The van der Waals surface area contributed by atoms with Gasteiger partial charge in [-0.3, -0.25) is 0 Å². The zero-order chi connectivity index (χ0) is 17.4. The lowest BCUT2D eigenvalue weighted by Gasteiger charge is -2.26. The lowest BCUT2D eigenvalue weighted by molar-refractivity contribution is 0.309. The van der Waals surface area contributed by atoms with E-state index in [1.165, 1.54) is 11.1 Å². The molecule has 0 heterocycles. The minimum Gasteiger partial charge on any atom is -0.494 e. The van der Waals surface area contributed by atoms with Crippen molar-refractivity contribution >= 4 is 0 Å². The molecule has 0 saturated carbocycles. The van der Waals surface area contributed by atoms with Crippen molar-refractivity contribution in [1.29, 1.82) is 0 Å². The first kappa shape index (κ1) is 17.9. The van der Waals surface area contributed by atoms with E-state index in [1.54, 1.807) is 0 Å². The summed E-state index contributed by atoms with van der Waals surface area (Å²) < 4.78 is 11.2. The van der Waals surface area contributed by atoms with E-state index in [4.69, 9.17) is 15.9 Å². The van der Waals surface area contributed by atoms with Crippen LogP contribution in [0.4, 0.5) is 0 Å². The van der Waals surface area contributed by atoms with Crippen molar-refractivity contribution in [3.63, 3.8) is 0 Å². The van der Waals surface area contributed by atoms with Crippen LogP contribution in [-0.4, -0.2) is 13.2 Å². The van der Waals surface area contributed by atoms with Crippen LogP contribution in [0.25, 0.3) is 0 Å². The highest BCUT2D eigenvalue weighted by molar-refractivity contribution is 5.41. The third-order valence-electron chi connectivity index (χ3n) is 4.24. The van der Waals surface area contributed by atoms with Crippen LogP contribution in [0.3, 0.4) is 0 Å². The number of ether oxygens (including phenoxy) is 2. The molecule has 0 aliphatic heterocycles. The lowest BCUT2D eigenvalue weighted by atomic mass is 9.78. The number of rotatable bonds is 8. The van der Waals surface area contributed by atoms with E-state index in [9.17, 15) is 0 Å². The Hall–Kier alpha value is -2.40. The minimum absolute atomic E-state index is 0.0907. The Morgan fingerprint density at radius 2 is 1.38 bits per heavy atom. The highest BCUT2D eigenvalue weighted by Gasteiger charge is 2.23. The Morgan fingerprint density at radius 3 is 1.83 bits per heavy atom. The number of hydrogen-bond acceptors (Lipinski definition) is 2. The molecule has 2 aromatic rings. The van der Waals surface area contributed by atoms with Gasteiger partial charge in [0.2, 0.25) is 0 Å². The van der Waals surface area contributed by atoms with Gasteiger partial charge in [0.25, 0.3) is 0 Å². The van der Waals surface area contributed by atoms with E-state index in [2.05, 4.69) is 63.1 Å². The quantitative estimate of drug-likeness (QED) is 0.491. The smallest absolute Gasteiger partial charge is 0.148 e. The first-order valence-corrected chi connectivity index (χ1v) is 8.48. The van der Waals surface area contributed by atoms with Crippen LogP contribution in [0.5, 0.6) is 11.5 Å². The third-order valence-corrected chi connectivity index (χ3v) is 4.24. The van der Waals surface area contributed by atoms with Gasteiger partial charge in [0, 0.05) is 5.41 Å². The molecule has 2 rings (SSSR count). The van der Waals surface area contributed by atoms with E-state index in [1.807, 2.05) is 12.1 Å². The molecule has 2 heteroatoms. The molecule has 0 aliphatic carbocycles. The Labute approximate surface area is 145 Å². The second kappa shape index (κ2) is 8.45. The molecular weight excluding hydrogens is 296 g/mol. The summed E-state index contributed by atoms with van der Waals surface area (Å²) in [7, 11) is 0. The van der Waals surface area contributed by atoms with Crippen LogP contribution >= 0.6 is 0 Å². The molecule has 126 valence electrons. The van der Waals surface area contributed by atoms with Gasteiger partial charge in [0.05, 0.1) is 6.61 Å². The van der Waals surface area contributed by atoms with Gasteiger partial charge in [0.1, 0.15) is 18.1 Å². The van der Waals surface area contributed by atoms with Crippen molar-refractivity contribution in [2.75, 3.05) is 13.2 Å². The predicted octanol–water partition coefficient (Wildman–Crippen LogP) is 5.20. The number of unbranched alkanes of at least 4 members (excludes halogenated alkanes) is 1. The monoisotopic (exact) mass is 322 g/mol. The maximum Gasteiger partial charge on any atom is 0.148 e. The maximum absolute atomic E-state index is 5.74. The molecule has 0 bridgehead atoms. The van der Waals surface area contributed by atoms with Gasteiger partial charge in [-0.15, -0.1) is 6.42 Å². The summed E-state index contributed by atoms with van der Waals surface area (Å²) in [6.45, 7) is 7.67. The maximum atomic E-state index is 5.74. The summed E-state index contributed by atoms with van der Waals surface area (Å²) in [6.07, 6.45) is 7.45. The van der Waals surface area contributed by atoms with Crippen molar-refractivity contribution in [1.82, 2.24) is 0 Å². The highest BCUT2D eigenvalue weighted by Crippen LogP contribution is 2.33. The van der Waals surface area contributed by atoms with Gasteiger partial charge in [0.15, 0.2) is 0 Å². The van der Waals surface area contributed by atoms with E-state index in [0.717, 1.165) is 30.9 Å². The van der Waals surface area contributed by atoms with Crippen LogP contribution in [-0.2, 0) is 5.41 Å². The number of hydrogen-bond donors (Lipinski definition) is 0. The fourth-order valence-corrected chi connectivity index (χ4v) is 2.56. The molecule has 0 N–H and O–H groups in total. The fraction of sp³-hybridized carbons (Fsp3) is 0.364. The van der Waals surface area contributed by atoms with Crippen LogP contribution < -0.4 is 9.47 Å². The first-order valence-electron chi connectivity index (χ1n) is 8.48. The topological polar surface area (TPSA) is 18.5 Å². The van der Waals surface area contributed by atoms with Gasteiger partial charge in [-0.25, -0.2) is 0 Å². The van der Waals surface area contributed by atoms with E-state index in [0.29, 0.717) is 6.61 Å². The molecule has 0 spiro atoms. The molecule has 0 aliphatic rings. The average Bonchev–Trinajstić information content (AvgIpc) is 2.61. The average molecular weight is 322 g/mol. The Morgan fingerprint density at radius 1 is 0.875 bits per heavy atom. The second-order valence-electron chi connectivity index (χ2n) is 6.37.